The number of hydrogen-bond donors (Lipinski definition) is 0. The van der Waals surface area contributed by atoms with Gasteiger partial charge in [0.15, 0.2) is 11.5 Å². The van der Waals surface area contributed by atoms with Crippen molar-refractivity contribution in [1.29, 1.82) is 0 Å². The summed E-state index contributed by atoms with van der Waals surface area (Å²) in [6.07, 6.45) is 0. The van der Waals surface area contributed by atoms with Gasteiger partial charge in [-0.15, -0.1) is 0 Å². The van der Waals surface area contributed by atoms with Crippen molar-refractivity contribution in [3.63, 3.8) is 0 Å². The third-order valence-corrected chi connectivity index (χ3v) is 4.05. The smallest absolute Gasteiger partial charge is 0.254 e. The number of ether oxygens (including phenoxy) is 3. The van der Waals surface area contributed by atoms with Gasteiger partial charge in [-0.1, -0.05) is 23.7 Å². The van der Waals surface area contributed by atoms with Gasteiger partial charge < -0.3 is 19.1 Å². The van der Waals surface area contributed by atoms with Crippen molar-refractivity contribution in [2.75, 3.05) is 26.9 Å². The molecule has 0 radical (unpaired) electrons. The van der Waals surface area contributed by atoms with E-state index in [9.17, 15) is 4.79 Å². The third kappa shape index (κ3) is 5.54. The minimum absolute atomic E-state index is 0.139. The van der Waals surface area contributed by atoms with Crippen molar-refractivity contribution in [2.45, 2.75) is 27.3 Å². The molecule has 0 aliphatic heterocycles. The molecule has 0 spiro atoms. The first-order valence-corrected chi connectivity index (χ1v) is 9.44. The van der Waals surface area contributed by atoms with E-state index in [-0.39, 0.29) is 5.91 Å². The molecule has 0 fully saturated rings. The summed E-state index contributed by atoms with van der Waals surface area (Å²) in [4.78, 5) is 14.6. The van der Waals surface area contributed by atoms with Gasteiger partial charge in [0.25, 0.3) is 5.91 Å². The van der Waals surface area contributed by atoms with Gasteiger partial charge in [0.1, 0.15) is 0 Å². The Kier molecular flexibility index (Phi) is 7.80. The predicted molar refractivity (Wildman–Crippen MR) is 107 cm³/mol. The van der Waals surface area contributed by atoms with Crippen LogP contribution >= 0.6 is 11.6 Å². The van der Waals surface area contributed by atoms with Gasteiger partial charge in [-0.25, -0.2) is 0 Å². The fraction of sp³-hybridized carbons (Fsp3) is 0.381. The second kappa shape index (κ2) is 10.1. The van der Waals surface area contributed by atoms with Crippen molar-refractivity contribution < 1.29 is 19.0 Å². The highest BCUT2D eigenvalue weighted by atomic mass is 35.5. The average Bonchev–Trinajstić information content (AvgIpc) is 2.64. The number of carbonyl (C=O) groups excluding carboxylic acids is 1. The van der Waals surface area contributed by atoms with Gasteiger partial charge in [-0.3, -0.25) is 4.79 Å². The summed E-state index contributed by atoms with van der Waals surface area (Å²) < 4.78 is 17.1. The van der Waals surface area contributed by atoms with Crippen molar-refractivity contribution in [3.8, 4) is 17.2 Å². The van der Waals surface area contributed by atoms with E-state index in [0.29, 0.717) is 54.2 Å². The molecule has 5 nitrogen and oxygen atoms in total. The maximum absolute atomic E-state index is 13.0. The topological polar surface area (TPSA) is 48.0 Å². The molecule has 0 unspecified atom stereocenters. The zero-order chi connectivity index (χ0) is 19.8. The number of hydrogen-bond acceptors (Lipinski definition) is 4. The molecule has 146 valence electrons. The first kappa shape index (κ1) is 20.9. The van der Waals surface area contributed by atoms with E-state index in [2.05, 4.69) is 0 Å². The Morgan fingerprint density at radius 2 is 1.56 bits per heavy atom. The van der Waals surface area contributed by atoms with Gasteiger partial charge in [0.05, 0.1) is 19.8 Å². The van der Waals surface area contributed by atoms with Crippen LogP contribution in [0.4, 0.5) is 0 Å². The van der Waals surface area contributed by atoms with E-state index in [0.717, 1.165) is 5.56 Å². The first-order valence-electron chi connectivity index (χ1n) is 9.06. The van der Waals surface area contributed by atoms with E-state index in [1.165, 1.54) is 0 Å². The van der Waals surface area contributed by atoms with Crippen LogP contribution in [0.5, 0.6) is 17.2 Å². The first-order chi connectivity index (χ1) is 13.0. The summed E-state index contributed by atoms with van der Waals surface area (Å²) in [5.74, 6) is 1.39. The molecule has 1 amide bonds. The lowest BCUT2D eigenvalue weighted by Crippen LogP contribution is -2.26. The highest BCUT2D eigenvalue weighted by Crippen LogP contribution is 2.39. The van der Waals surface area contributed by atoms with Crippen LogP contribution in [0.3, 0.4) is 0 Å². The number of benzene rings is 2. The molecule has 0 N–H and O–H groups in total. The highest BCUT2D eigenvalue weighted by Gasteiger charge is 2.20. The summed E-state index contributed by atoms with van der Waals surface area (Å²) in [6.45, 7) is 7.50. The van der Waals surface area contributed by atoms with Crippen LogP contribution in [0, 0.1) is 0 Å². The second-order valence-corrected chi connectivity index (χ2v) is 6.33. The highest BCUT2D eigenvalue weighted by molar-refractivity contribution is 6.30. The molecule has 2 aromatic carbocycles. The minimum atomic E-state index is -0.139. The van der Waals surface area contributed by atoms with E-state index < -0.39 is 0 Å². The van der Waals surface area contributed by atoms with Crippen LogP contribution in [-0.4, -0.2) is 37.7 Å². The molecule has 0 aromatic heterocycles. The Labute approximate surface area is 165 Å². The molecule has 2 aromatic rings. The summed E-state index contributed by atoms with van der Waals surface area (Å²) in [5, 5.41) is 0.645. The molecule has 0 atom stereocenters. The van der Waals surface area contributed by atoms with Crippen molar-refractivity contribution in [3.05, 3.63) is 52.5 Å². The predicted octanol–water partition coefficient (Wildman–Crippen LogP) is 4.81. The summed E-state index contributed by atoms with van der Waals surface area (Å²) in [6, 6.07) is 10.9. The Balaban J connectivity index is 2.33. The number of rotatable bonds is 9. The van der Waals surface area contributed by atoms with Gasteiger partial charge in [-0.05, 0) is 50.6 Å². The molecular formula is C21H26ClNO4. The second-order valence-electron chi connectivity index (χ2n) is 5.89. The SMILES string of the molecule is CCOc1cc(C(=O)N(C)Cc2cccc(Cl)c2)cc(OCC)c1OCC. The molecule has 6 heteroatoms. The average molecular weight is 392 g/mol. The Hall–Kier alpha value is -2.40. The Morgan fingerprint density at radius 3 is 2.07 bits per heavy atom. The van der Waals surface area contributed by atoms with Crippen molar-refractivity contribution in [1.82, 2.24) is 4.90 Å². The lowest BCUT2D eigenvalue weighted by Gasteiger charge is -2.20. The van der Waals surface area contributed by atoms with E-state index >= 15 is 0 Å². The Bertz CT molecular complexity index is 752. The number of carbonyl (C=O) groups is 1. The van der Waals surface area contributed by atoms with E-state index in [1.54, 1.807) is 24.1 Å². The van der Waals surface area contributed by atoms with Crippen LogP contribution in [0.2, 0.25) is 5.02 Å². The molecule has 27 heavy (non-hydrogen) atoms. The van der Waals surface area contributed by atoms with Gasteiger partial charge in [0, 0.05) is 24.2 Å². The van der Waals surface area contributed by atoms with Gasteiger partial charge in [0.2, 0.25) is 5.75 Å². The van der Waals surface area contributed by atoms with Crippen LogP contribution < -0.4 is 14.2 Å². The van der Waals surface area contributed by atoms with Crippen molar-refractivity contribution in [2.24, 2.45) is 0 Å². The molecule has 2 rings (SSSR count). The van der Waals surface area contributed by atoms with Crippen molar-refractivity contribution >= 4 is 17.5 Å². The molecule has 0 aliphatic rings. The zero-order valence-electron chi connectivity index (χ0n) is 16.3. The van der Waals surface area contributed by atoms with Gasteiger partial charge in [-0.2, -0.15) is 0 Å². The lowest BCUT2D eigenvalue weighted by molar-refractivity contribution is 0.0784. The largest absolute Gasteiger partial charge is 0.490 e. The van der Waals surface area contributed by atoms with Crippen LogP contribution in [-0.2, 0) is 6.54 Å². The summed E-state index contributed by atoms with van der Waals surface area (Å²) in [7, 11) is 1.75. The maximum Gasteiger partial charge on any atom is 0.254 e. The Morgan fingerprint density at radius 1 is 0.963 bits per heavy atom. The zero-order valence-corrected chi connectivity index (χ0v) is 17.0. The molecule has 0 bridgehead atoms. The number of amides is 1. The monoisotopic (exact) mass is 391 g/mol. The summed E-state index contributed by atoms with van der Waals surface area (Å²) in [5.41, 5.74) is 1.44. The molecule has 0 saturated carbocycles. The fourth-order valence-electron chi connectivity index (χ4n) is 2.71. The minimum Gasteiger partial charge on any atom is -0.490 e. The van der Waals surface area contributed by atoms with Crippen LogP contribution in [0.25, 0.3) is 0 Å². The molecule has 0 heterocycles. The van der Waals surface area contributed by atoms with E-state index in [4.69, 9.17) is 25.8 Å². The van der Waals surface area contributed by atoms with Crippen LogP contribution in [0.1, 0.15) is 36.7 Å². The standard InChI is InChI=1S/C21H26ClNO4/c1-5-25-18-12-16(13-19(26-6-2)20(18)27-7-3)21(24)23(4)14-15-9-8-10-17(22)11-15/h8-13H,5-7,14H2,1-4H3. The number of nitrogens with zero attached hydrogens (tertiary/aromatic N) is 1. The lowest BCUT2D eigenvalue weighted by atomic mass is 10.1. The van der Waals surface area contributed by atoms with E-state index in [1.807, 2.05) is 45.0 Å². The maximum atomic E-state index is 13.0. The van der Waals surface area contributed by atoms with Gasteiger partial charge >= 0.3 is 0 Å². The number of halogens is 1. The molecular weight excluding hydrogens is 366 g/mol. The normalized spacial score (nSPS) is 10.4. The summed E-state index contributed by atoms with van der Waals surface area (Å²) >= 11 is 6.03. The molecule has 0 saturated heterocycles. The third-order valence-electron chi connectivity index (χ3n) is 3.81. The van der Waals surface area contributed by atoms with Crippen LogP contribution in [0.15, 0.2) is 36.4 Å². The quantitative estimate of drug-likeness (QED) is 0.615. The molecule has 0 aliphatic carbocycles. The fourth-order valence-corrected chi connectivity index (χ4v) is 2.93.